The summed E-state index contributed by atoms with van der Waals surface area (Å²) < 4.78 is 32.4. The van der Waals surface area contributed by atoms with Crippen molar-refractivity contribution in [3.63, 3.8) is 0 Å². The summed E-state index contributed by atoms with van der Waals surface area (Å²) in [7, 11) is -3.72. The van der Waals surface area contributed by atoms with Crippen LogP contribution in [0.5, 0.6) is 0 Å². The normalized spacial score (nSPS) is 11.3. The minimum Gasteiger partial charge on any atom is -0.468 e. The van der Waals surface area contributed by atoms with Gasteiger partial charge in [0.25, 0.3) is 0 Å². The molecule has 0 fully saturated rings. The first kappa shape index (κ1) is 18.8. The minimum atomic E-state index is -3.72. The number of pyridine rings is 1. The van der Waals surface area contributed by atoms with Crippen LogP contribution in [0, 0.1) is 0 Å². The van der Waals surface area contributed by atoms with Gasteiger partial charge in [-0.25, -0.2) is 13.1 Å². The summed E-state index contributed by atoms with van der Waals surface area (Å²) in [5, 5.41) is 2.72. The molecular weight excluding hydrogens is 366 g/mol. The molecule has 8 heteroatoms. The number of rotatable bonds is 8. The van der Waals surface area contributed by atoms with E-state index in [4.69, 9.17) is 4.42 Å². The van der Waals surface area contributed by atoms with Gasteiger partial charge in [-0.15, -0.1) is 0 Å². The number of nitrogens with zero attached hydrogens (tertiary/aromatic N) is 1. The van der Waals surface area contributed by atoms with E-state index in [9.17, 15) is 13.2 Å². The van der Waals surface area contributed by atoms with Crippen molar-refractivity contribution in [3.8, 4) is 0 Å². The van der Waals surface area contributed by atoms with E-state index in [0.717, 1.165) is 5.56 Å². The van der Waals surface area contributed by atoms with Crippen molar-refractivity contribution < 1.29 is 17.6 Å². The Morgan fingerprint density at radius 2 is 2.00 bits per heavy atom. The molecule has 2 heterocycles. The molecule has 0 aliphatic rings. The first-order valence-corrected chi connectivity index (χ1v) is 9.82. The van der Waals surface area contributed by atoms with Gasteiger partial charge >= 0.3 is 0 Å². The molecule has 0 aliphatic carbocycles. The van der Waals surface area contributed by atoms with Crippen LogP contribution >= 0.6 is 0 Å². The average Bonchev–Trinajstić information content (AvgIpc) is 3.20. The summed E-state index contributed by atoms with van der Waals surface area (Å²) in [6.45, 7) is 0.0526. The maximum Gasteiger partial charge on any atom is 0.241 e. The molecule has 0 atom stereocenters. The zero-order chi connectivity index (χ0) is 19.1. The first-order valence-electron chi connectivity index (χ1n) is 8.34. The van der Waals surface area contributed by atoms with Crippen molar-refractivity contribution in [2.24, 2.45) is 0 Å². The average molecular weight is 385 g/mol. The van der Waals surface area contributed by atoms with Crippen molar-refractivity contribution in [1.29, 1.82) is 0 Å². The highest BCUT2D eigenvalue weighted by Gasteiger charge is 2.15. The highest BCUT2D eigenvalue weighted by molar-refractivity contribution is 7.89. The van der Waals surface area contributed by atoms with Crippen LogP contribution in [0.4, 0.5) is 5.69 Å². The van der Waals surface area contributed by atoms with Gasteiger partial charge in [-0.05, 0) is 48.4 Å². The van der Waals surface area contributed by atoms with Gasteiger partial charge in [-0.2, -0.15) is 0 Å². The summed E-state index contributed by atoms with van der Waals surface area (Å²) >= 11 is 0. The van der Waals surface area contributed by atoms with Gasteiger partial charge in [0.15, 0.2) is 0 Å². The summed E-state index contributed by atoms with van der Waals surface area (Å²) in [6, 6.07) is 13.2. The zero-order valence-corrected chi connectivity index (χ0v) is 15.3. The predicted octanol–water partition coefficient (Wildman–Crippen LogP) is 2.72. The molecule has 140 valence electrons. The van der Waals surface area contributed by atoms with Crippen LogP contribution in [0.15, 0.2) is 76.5 Å². The van der Waals surface area contributed by atoms with Gasteiger partial charge in [0.1, 0.15) is 5.76 Å². The molecule has 0 spiro atoms. The number of aromatic nitrogens is 1. The SMILES string of the molecule is O=C(CCc1cccnc1)Nc1cccc(S(=O)(=O)NCc2ccco2)c1. The molecular formula is C19H19N3O4S. The molecule has 0 unspecified atom stereocenters. The van der Waals surface area contributed by atoms with E-state index in [1.807, 2.05) is 12.1 Å². The van der Waals surface area contributed by atoms with E-state index in [-0.39, 0.29) is 23.8 Å². The van der Waals surface area contributed by atoms with Crippen LogP contribution in [-0.2, 0) is 27.8 Å². The molecule has 27 heavy (non-hydrogen) atoms. The van der Waals surface area contributed by atoms with Crippen LogP contribution in [0.3, 0.4) is 0 Å². The fraction of sp³-hybridized carbons (Fsp3) is 0.158. The maximum absolute atomic E-state index is 12.4. The third kappa shape index (κ3) is 5.50. The number of amides is 1. The Kier molecular flexibility index (Phi) is 6.00. The van der Waals surface area contributed by atoms with E-state index in [0.29, 0.717) is 17.9 Å². The molecule has 0 aliphatic heterocycles. The number of carbonyl (C=O) groups is 1. The number of nitrogens with one attached hydrogen (secondary N) is 2. The topological polar surface area (TPSA) is 101 Å². The summed E-state index contributed by atoms with van der Waals surface area (Å²) in [6.07, 6.45) is 5.70. The Labute approximate surface area is 157 Å². The molecule has 1 aromatic carbocycles. The molecule has 1 amide bonds. The highest BCUT2D eigenvalue weighted by atomic mass is 32.2. The monoisotopic (exact) mass is 385 g/mol. The van der Waals surface area contributed by atoms with Gasteiger partial charge in [-0.3, -0.25) is 9.78 Å². The lowest BCUT2D eigenvalue weighted by Crippen LogP contribution is -2.23. The minimum absolute atomic E-state index is 0.0526. The number of furan rings is 1. The molecule has 0 radical (unpaired) electrons. The highest BCUT2D eigenvalue weighted by Crippen LogP contribution is 2.16. The van der Waals surface area contributed by atoms with E-state index >= 15 is 0 Å². The molecule has 0 bridgehead atoms. The zero-order valence-electron chi connectivity index (χ0n) is 14.5. The summed E-state index contributed by atoms with van der Waals surface area (Å²) in [4.78, 5) is 16.2. The van der Waals surface area contributed by atoms with Crippen LogP contribution in [-0.4, -0.2) is 19.3 Å². The number of sulfonamides is 1. The van der Waals surface area contributed by atoms with Crippen molar-refractivity contribution >= 4 is 21.6 Å². The molecule has 2 N–H and O–H groups in total. The van der Waals surface area contributed by atoms with E-state index in [1.165, 1.54) is 18.4 Å². The molecule has 2 aromatic heterocycles. The lowest BCUT2D eigenvalue weighted by Gasteiger charge is -2.09. The van der Waals surface area contributed by atoms with Crippen LogP contribution < -0.4 is 10.0 Å². The van der Waals surface area contributed by atoms with Crippen LogP contribution in [0.1, 0.15) is 17.7 Å². The Balaban J connectivity index is 1.60. The van der Waals surface area contributed by atoms with Gasteiger partial charge < -0.3 is 9.73 Å². The van der Waals surface area contributed by atoms with Crippen LogP contribution in [0.25, 0.3) is 0 Å². The predicted molar refractivity (Wildman–Crippen MR) is 100 cm³/mol. The maximum atomic E-state index is 12.4. The second kappa shape index (κ2) is 8.61. The molecule has 3 rings (SSSR count). The van der Waals surface area contributed by atoms with Crippen molar-refractivity contribution in [2.75, 3.05) is 5.32 Å². The van der Waals surface area contributed by atoms with E-state index < -0.39 is 10.0 Å². The lowest BCUT2D eigenvalue weighted by atomic mass is 10.1. The fourth-order valence-corrected chi connectivity index (χ4v) is 3.47. The van der Waals surface area contributed by atoms with Gasteiger partial charge in [0.05, 0.1) is 17.7 Å². The quantitative estimate of drug-likeness (QED) is 0.621. The number of hydrogen-bond acceptors (Lipinski definition) is 5. The van der Waals surface area contributed by atoms with Crippen molar-refractivity contribution in [2.45, 2.75) is 24.3 Å². The Morgan fingerprint density at radius 1 is 1.11 bits per heavy atom. The Hall–Kier alpha value is -2.97. The fourth-order valence-electron chi connectivity index (χ4n) is 2.43. The van der Waals surface area contributed by atoms with Crippen LogP contribution in [0.2, 0.25) is 0 Å². The molecule has 7 nitrogen and oxygen atoms in total. The summed E-state index contributed by atoms with van der Waals surface area (Å²) in [5.74, 6) is 0.315. The second-order valence-electron chi connectivity index (χ2n) is 5.84. The van der Waals surface area contributed by atoms with E-state index in [2.05, 4.69) is 15.0 Å². The number of benzene rings is 1. The standard InChI is InChI=1S/C19H19N3O4S/c23-19(9-8-15-4-2-10-20-13-15)22-16-5-1-7-18(12-16)27(24,25)21-14-17-6-3-11-26-17/h1-7,10-13,21H,8-9,14H2,(H,22,23). The van der Waals surface area contributed by atoms with E-state index in [1.54, 1.807) is 36.7 Å². The Morgan fingerprint density at radius 3 is 2.74 bits per heavy atom. The number of carbonyl (C=O) groups excluding carboxylic acids is 1. The third-order valence-electron chi connectivity index (χ3n) is 3.81. The molecule has 0 saturated carbocycles. The van der Waals surface area contributed by atoms with Gasteiger partial charge in [0, 0.05) is 24.5 Å². The number of hydrogen-bond donors (Lipinski definition) is 2. The van der Waals surface area contributed by atoms with Crippen molar-refractivity contribution in [3.05, 3.63) is 78.5 Å². The Bertz CT molecular complexity index is 987. The third-order valence-corrected chi connectivity index (χ3v) is 5.21. The van der Waals surface area contributed by atoms with Gasteiger partial charge in [-0.1, -0.05) is 12.1 Å². The van der Waals surface area contributed by atoms with Crippen molar-refractivity contribution in [1.82, 2.24) is 9.71 Å². The smallest absolute Gasteiger partial charge is 0.241 e. The molecule has 3 aromatic rings. The number of anilines is 1. The lowest BCUT2D eigenvalue weighted by molar-refractivity contribution is -0.116. The number of aryl methyl sites for hydroxylation is 1. The largest absolute Gasteiger partial charge is 0.468 e. The summed E-state index contributed by atoms with van der Waals surface area (Å²) in [5.41, 5.74) is 1.39. The first-order chi connectivity index (χ1) is 13.0. The molecule has 0 saturated heterocycles. The van der Waals surface area contributed by atoms with Gasteiger partial charge in [0.2, 0.25) is 15.9 Å². The second-order valence-corrected chi connectivity index (χ2v) is 7.61.